The van der Waals surface area contributed by atoms with Crippen molar-refractivity contribution >= 4 is 15.7 Å². The molecule has 0 bridgehead atoms. The van der Waals surface area contributed by atoms with Gasteiger partial charge in [0.1, 0.15) is 0 Å². The summed E-state index contributed by atoms with van der Waals surface area (Å²) in [6, 6.07) is -0.262. The molecule has 2 aliphatic rings. The Morgan fingerprint density at radius 2 is 2.10 bits per heavy atom. The number of hydrogen-bond acceptors (Lipinski definition) is 4. The van der Waals surface area contributed by atoms with E-state index < -0.39 is 9.84 Å². The van der Waals surface area contributed by atoms with Gasteiger partial charge >= 0.3 is 0 Å². The average molecular weight is 298 g/mol. The van der Waals surface area contributed by atoms with E-state index in [9.17, 15) is 13.2 Å². The summed E-state index contributed by atoms with van der Waals surface area (Å²) >= 11 is 0. The highest BCUT2D eigenvalue weighted by Crippen LogP contribution is 2.33. The predicted octanol–water partition coefficient (Wildman–Crippen LogP) is 0.0103. The van der Waals surface area contributed by atoms with Crippen LogP contribution >= 0.6 is 0 Å². The van der Waals surface area contributed by atoms with Crippen LogP contribution in [0.2, 0.25) is 0 Å². The fourth-order valence-electron chi connectivity index (χ4n) is 3.36. The van der Waals surface area contributed by atoms with Gasteiger partial charge < -0.3 is 10.6 Å². The van der Waals surface area contributed by atoms with Crippen molar-refractivity contribution in [3.63, 3.8) is 0 Å². The normalized spacial score (nSPS) is 31.9. The summed E-state index contributed by atoms with van der Waals surface area (Å²) in [5.41, 5.74) is 5.73. The molecule has 2 rings (SSSR count). The molecule has 3 atom stereocenters. The average Bonchev–Trinajstić information content (AvgIpc) is 3.01. The van der Waals surface area contributed by atoms with Crippen molar-refractivity contribution < 1.29 is 13.2 Å². The zero-order chi connectivity index (χ0) is 14.8. The van der Waals surface area contributed by atoms with E-state index in [4.69, 9.17) is 12.2 Å². The molecular formula is C14H22N2O3S. The maximum atomic E-state index is 12.7. The van der Waals surface area contributed by atoms with Gasteiger partial charge in [-0.25, -0.2) is 8.42 Å². The number of rotatable bonds is 4. The van der Waals surface area contributed by atoms with Crippen LogP contribution in [-0.2, 0) is 14.6 Å². The van der Waals surface area contributed by atoms with Crippen molar-refractivity contribution in [3.05, 3.63) is 0 Å². The first-order valence-electron chi connectivity index (χ1n) is 7.13. The number of carbonyl (C=O) groups is 1. The second-order valence-corrected chi connectivity index (χ2v) is 7.99. The summed E-state index contributed by atoms with van der Waals surface area (Å²) in [5, 5.41) is 0. The summed E-state index contributed by atoms with van der Waals surface area (Å²) in [5.74, 6) is 2.80. The molecule has 0 aromatic heterocycles. The highest BCUT2D eigenvalue weighted by molar-refractivity contribution is 7.91. The Balaban J connectivity index is 2.12. The molecule has 6 heteroatoms. The lowest BCUT2D eigenvalue weighted by molar-refractivity contribution is -0.137. The molecule has 2 N–H and O–H groups in total. The Labute approximate surface area is 120 Å². The van der Waals surface area contributed by atoms with Crippen LogP contribution < -0.4 is 5.73 Å². The maximum absolute atomic E-state index is 12.7. The third-order valence-corrected chi connectivity index (χ3v) is 6.22. The summed E-state index contributed by atoms with van der Waals surface area (Å²) in [6.07, 6.45) is 8.66. The molecule has 0 aromatic carbocycles. The van der Waals surface area contributed by atoms with Gasteiger partial charge in [0, 0.05) is 12.0 Å². The Hall–Kier alpha value is -1.06. The molecule has 112 valence electrons. The minimum atomic E-state index is -3.02. The van der Waals surface area contributed by atoms with Gasteiger partial charge in [0.05, 0.1) is 18.1 Å². The smallest absolute Gasteiger partial charge is 0.227 e. The summed E-state index contributed by atoms with van der Waals surface area (Å²) in [7, 11) is -3.02. The number of hydrogen-bond donors (Lipinski definition) is 1. The molecule has 0 radical (unpaired) electrons. The van der Waals surface area contributed by atoms with Crippen LogP contribution in [0.25, 0.3) is 0 Å². The monoisotopic (exact) mass is 298 g/mol. The van der Waals surface area contributed by atoms with E-state index in [0.717, 1.165) is 19.3 Å². The van der Waals surface area contributed by atoms with Crippen molar-refractivity contribution in [1.82, 2.24) is 4.90 Å². The molecule has 1 saturated heterocycles. The van der Waals surface area contributed by atoms with Crippen LogP contribution in [-0.4, -0.2) is 49.9 Å². The fraction of sp³-hybridized carbons (Fsp3) is 0.786. The molecule has 1 aliphatic carbocycles. The van der Waals surface area contributed by atoms with Gasteiger partial charge in [0.25, 0.3) is 0 Å². The minimum absolute atomic E-state index is 0.00185. The molecule has 1 heterocycles. The minimum Gasteiger partial charge on any atom is -0.330 e. The van der Waals surface area contributed by atoms with Gasteiger partial charge in [0.2, 0.25) is 5.91 Å². The molecule has 5 nitrogen and oxygen atoms in total. The van der Waals surface area contributed by atoms with Crippen LogP contribution in [0.3, 0.4) is 0 Å². The number of nitrogens with two attached hydrogens (primary N) is 1. The second-order valence-electron chi connectivity index (χ2n) is 5.76. The van der Waals surface area contributed by atoms with Gasteiger partial charge in [-0.15, -0.1) is 6.42 Å². The number of nitrogens with zero attached hydrogens (tertiary/aromatic N) is 1. The molecule has 1 aliphatic heterocycles. The van der Waals surface area contributed by atoms with E-state index in [1.165, 1.54) is 0 Å². The first kappa shape index (κ1) is 15.3. The van der Waals surface area contributed by atoms with Gasteiger partial charge in [0.15, 0.2) is 9.84 Å². The first-order chi connectivity index (χ1) is 9.48. The zero-order valence-corrected chi connectivity index (χ0v) is 12.4. The standard InChI is InChI=1S/C14H22N2O3S/c1-2-7-16(12-6-8-20(18,19)10-12)14(17)13-5-3-4-11(13)9-15/h1,11-13H,3-10,15H2. The first-order valence-corrected chi connectivity index (χ1v) is 8.95. The van der Waals surface area contributed by atoms with Gasteiger partial charge in [-0.1, -0.05) is 12.3 Å². The topological polar surface area (TPSA) is 80.5 Å². The third kappa shape index (κ3) is 3.15. The molecular weight excluding hydrogens is 276 g/mol. The number of terminal acetylenes is 1. The summed E-state index contributed by atoms with van der Waals surface area (Å²) < 4.78 is 23.2. The maximum Gasteiger partial charge on any atom is 0.227 e. The van der Waals surface area contributed by atoms with Crippen molar-refractivity contribution in [3.8, 4) is 12.3 Å². The van der Waals surface area contributed by atoms with E-state index in [1.54, 1.807) is 4.90 Å². The van der Waals surface area contributed by atoms with Gasteiger partial charge in [-0.3, -0.25) is 4.79 Å². The SMILES string of the molecule is C#CCN(C(=O)C1CCCC1CN)C1CCS(=O)(=O)C1. The quantitative estimate of drug-likeness (QED) is 0.741. The van der Waals surface area contributed by atoms with E-state index in [-0.39, 0.29) is 41.8 Å². The number of carbonyl (C=O) groups excluding carboxylic acids is 1. The van der Waals surface area contributed by atoms with E-state index in [0.29, 0.717) is 13.0 Å². The number of amides is 1. The predicted molar refractivity (Wildman–Crippen MR) is 77.5 cm³/mol. The lowest BCUT2D eigenvalue weighted by Crippen LogP contribution is -2.46. The molecule has 2 fully saturated rings. The van der Waals surface area contributed by atoms with Crippen molar-refractivity contribution in [1.29, 1.82) is 0 Å². The Kier molecular flexibility index (Phi) is 4.71. The molecule has 1 saturated carbocycles. The third-order valence-electron chi connectivity index (χ3n) is 4.47. The highest BCUT2D eigenvalue weighted by atomic mass is 32.2. The van der Waals surface area contributed by atoms with E-state index >= 15 is 0 Å². The zero-order valence-electron chi connectivity index (χ0n) is 11.6. The van der Waals surface area contributed by atoms with Crippen molar-refractivity contribution in [2.24, 2.45) is 17.6 Å². The Morgan fingerprint density at radius 1 is 1.35 bits per heavy atom. The fourth-order valence-corrected chi connectivity index (χ4v) is 5.09. The van der Waals surface area contributed by atoms with Crippen molar-refractivity contribution in [2.75, 3.05) is 24.6 Å². The molecule has 1 amide bonds. The molecule has 20 heavy (non-hydrogen) atoms. The van der Waals surface area contributed by atoms with Crippen LogP contribution in [0.1, 0.15) is 25.7 Å². The molecule has 0 aromatic rings. The summed E-state index contributed by atoms with van der Waals surface area (Å²) in [4.78, 5) is 14.3. The highest BCUT2D eigenvalue weighted by Gasteiger charge is 2.40. The van der Waals surface area contributed by atoms with Crippen LogP contribution in [0, 0.1) is 24.2 Å². The van der Waals surface area contributed by atoms with Crippen LogP contribution in [0.5, 0.6) is 0 Å². The van der Waals surface area contributed by atoms with Crippen LogP contribution in [0.4, 0.5) is 0 Å². The largest absolute Gasteiger partial charge is 0.330 e. The summed E-state index contributed by atoms with van der Waals surface area (Å²) in [6.45, 7) is 0.691. The Morgan fingerprint density at radius 3 is 2.65 bits per heavy atom. The number of sulfone groups is 1. The Bertz CT molecular complexity index is 509. The van der Waals surface area contributed by atoms with Gasteiger partial charge in [-0.2, -0.15) is 0 Å². The second kappa shape index (κ2) is 6.15. The molecule has 3 unspecified atom stereocenters. The van der Waals surface area contributed by atoms with Crippen LogP contribution in [0.15, 0.2) is 0 Å². The van der Waals surface area contributed by atoms with E-state index in [2.05, 4.69) is 5.92 Å². The van der Waals surface area contributed by atoms with Gasteiger partial charge in [-0.05, 0) is 31.7 Å². The van der Waals surface area contributed by atoms with Crippen molar-refractivity contribution in [2.45, 2.75) is 31.7 Å². The lowest BCUT2D eigenvalue weighted by atomic mass is 9.94. The van der Waals surface area contributed by atoms with E-state index in [1.807, 2.05) is 0 Å². The molecule has 0 spiro atoms. The lowest BCUT2D eigenvalue weighted by Gasteiger charge is -2.30.